The Labute approximate surface area is 46.9 Å². The van der Waals surface area contributed by atoms with Crippen LogP contribution in [0.25, 0.3) is 0 Å². The van der Waals surface area contributed by atoms with Crippen molar-refractivity contribution in [1.29, 1.82) is 0 Å². The van der Waals surface area contributed by atoms with Crippen molar-refractivity contribution >= 4 is 0 Å². The maximum Gasteiger partial charge on any atom is 0.251 e. The van der Waals surface area contributed by atoms with E-state index in [-0.39, 0.29) is 12.3 Å². The van der Waals surface area contributed by atoms with Crippen molar-refractivity contribution in [2.75, 3.05) is 0 Å². The molecule has 2 atom stereocenters. The zero-order valence-electron chi connectivity index (χ0n) is 4.53. The van der Waals surface area contributed by atoms with Gasteiger partial charge in [-0.2, -0.15) is 0 Å². The Hall–Kier alpha value is -0.140. The maximum absolute atomic E-state index is 12.4. The SMILES string of the molecule is FC1(F)CC[C@@H]2C[C@@H]21. The van der Waals surface area contributed by atoms with Crippen LogP contribution in [0.4, 0.5) is 8.78 Å². The fourth-order valence-electron chi connectivity index (χ4n) is 1.65. The molecule has 0 N–H and O–H groups in total. The van der Waals surface area contributed by atoms with Crippen LogP contribution in [-0.4, -0.2) is 5.92 Å². The average Bonchev–Trinajstić information content (AvgIpc) is 2.34. The number of fused-ring (bicyclic) bond motifs is 1. The van der Waals surface area contributed by atoms with Crippen molar-refractivity contribution in [1.82, 2.24) is 0 Å². The third-order valence-corrected chi connectivity index (χ3v) is 2.31. The Morgan fingerprint density at radius 3 is 2.25 bits per heavy atom. The van der Waals surface area contributed by atoms with Crippen LogP contribution in [0.3, 0.4) is 0 Å². The van der Waals surface area contributed by atoms with Crippen molar-refractivity contribution in [3.8, 4) is 0 Å². The molecule has 2 heteroatoms. The monoisotopic (exact) mass is 118 g/mol. The van der Waals surface area contributed by atoms with E-state index in [4.69, 9.17) is 0 Å². The van der Waals surface area contributed by atoms with E-state index in [0.29, 0.717) is 5.92 Å². The highest BCUT2D eigenvalue weighted by Crippen LogP contribution is 2.59. The first-order valence-corrected chi connectivity index (χ1v) is 3.08. The molecule has 46 valence electrons. The normalized spacial score (nSPS) is 48.8. The van der Waals surface area contributed by atoms with Crippen LogP contribution in [-0.2, 0) is 0 Å². The molecule has 0 aliphatic heterocycles. The summed E-state index contributed by atoms with van der Waals surface area (Å²) in [6.07, 6.45) is 1.73. The highest BCUT2D eigenvalue weighted by molar-refractivity contribution is 5.02. The summed E-state index contributed by atoms with van der Waals surface area (Å²) in [5.74, 6) is -2.07. The summed E-state index contributed by atoms with van der Waals surface area (Å²) in [4.78, 5) is 0. The summed E-state index contributed by atoms with van der Waals surface area (Å²) >= 11 is 0. The number of hydrogen-bond donors (Lipinski definition) is 0. The third kappa shape index (κ3) is 0.434. The molecule has 0 spiro atoms. The summed E-state index contributed by atoms with van der Waals surface area (Å²) in [5, 5.41) is 0. The van der Waals surface area contributed by atoms with Crippen molar-refractivity contribution in [3.63, 3.8) is 0 Å². The van der Waals surface area contributed by atoms with Crippen LogP contribution in [0.2, 0.25) is 0 Å². The molecule has 0 heterocycles. The summed E-state index contributed by atoms with van der Waals surface area (Å²) < 4.78 is 24.8. The molecule has 2 aliphatic rings. The molecule has 2 fully saturated rings. The van der Waals surface area contributed by atoms with Gasteiger partial charge >= 0.3 is 0 Å². The van der Waals surface area contributed by atoms with E-state index < -0.39 is 5.92 Å². The lowest BCUT2D eigenvalue weighted by Gasteiger charge is -2.07. The second-order valence-electron chi connectivity index (χ2n) is 2.90. The van der Waals surface area contributed by atoms with Crippen molar-refractivity contribution in [3.05, 3.63) is 0 Å². The van der Waals surface area contributed by atoms with E-state index in [0.717, 1.165) is 12.8 Å². The van der Waals surface area contributed by atoms with Crippen LogP contribution in [0.15, 0.2) is 0 Å². The molecule has 0 aromatic rings. The minimum atomic E-state index is -2.27. The summed E-state index contributed by atoms with van der Waals surface area (Å²) in [6.45, 7) is 0. The number of hydrogen-bond acceptors (Lipinski definition) is 0. The van der Waals surface area contributed by atoms with Crippen LogP contribution < -0.4 is 0 Å². The van der Waals surface area contributed by atoms with Crippen molar-refractivity contribution in [2.24, 2.45) is 11.8 Å². The van der Waals surface area contributed by atoms with E-state index >= 15 is 0 Å². The average molecular weight is 118 g/mol. The van der Waals surface area contributed by atoms with Crippen molar-refractivity contribution in [2.45, 2.75) is 25.2 Å². The van der Waals surface area contributed by atoms with Gasteiger partial charge in [-0.25, -0.2) is 8.78 Å². The second kappa shape index (κ2) is 1.07. The second-order valence-corrected chi connectivity index (χ2v) is 2.90. The van der Waals surface area contributed by atoms with Gasteiger partial charge in [0.25, 0.3) is 5.92 Å². The van der Waals surface area contributed by atoms with Gasteiger partial charge in [-0.1, -0.05) is 0 Å². The van der Waals surface area contributed by atoms with Gasteiger partial charge in [-0.05, 0) is 18.8 Å². The van der Waals surface area contributed by atoms with Crippen LogP contribution >= 0.6 is 0 Å². The van der Waals surface area contributed by atoms with Crippen LogP contribution in [0.5, 0.6) is 0 Å². The van der Waals surface area contributed by atoms with Gasteiger partial charge < -0.3 is 0 Å². The quantitative estimate of drug-likeness (QED) is 0.456. The molecule has 2 saturated carbocycles. The third-order valence-electron chi connectivity index (χ3n) is 2.31. The number of alkyl halides is 2. The molecular formula is C6H8F2. The molecule has 0 radical (unpaired) electrons. The highest BCUT2D eigenvalue weighted by atomic mass is 19.3. The molecule has 0 aromatic heterocycles. The number of rotatable bonds is 0. The Balaban J connectivity index is 2.17. The molecule has 0 amide bonds. The fraction of sp³-hybridized carbons (Fsp3) is 1.00. The van der Waals surface area contributed by atoms with E-state index in [9.17, 15) is 8.78 Å². The van der Waals surface area contributed by atoms with E-state index in [2.05, 4.69) is 0 Å². The standard InChI is InChI=1S/C6H8F2/c7-6(8)2-1-4-3-5(4)6/h4-5H,1-3H2/t4-,5+/m1/s1. The van der Waals surface area contributed by atoms with Gasteiger partial charge in [0.15, 0.2) is 0 Å². The van der Waals surface area contributed by atoms with E-state index in [1.54, 1.807) is 0 Å². The summed E-state index contributed by atoms with van der Waals surface area (Å²) in [6, 6.07) is 0. The first kappa shape index (κ1) is 4.71. The molecule has 0 aromatic carbocycles. The predicted molar refractivity (Wildman–Crippen MR) is 25.8 cm³/mol. The van der Waals surface area contributed by atoms with Gasteiger partial charge in [-0.15, -0.1) is 0 Å². The largest absolute Gasteiger partial charge is 0.251 e. The minimum Gasteiger partial charge on any atom is -0.207 e. The molecule has 0 unspecified atom stereocenters. The topological polar surface area (TPSA) is 0 Å². The molecule has 0 nitrogen and oxygen atoms in total. The Morgan fingerprint density at radius 1 is 1.38 bits per heavy atom. The summed E-state index contributed by atoms with van der Waals surface area (Å²) in [7, 11) is 0. The zero-order chi connectivity index (χ0) is 5.78. The maximum atomic E-state index is 12.4. The minimum absolute atomic E-state index is 0.155. The summed E-state index contributed by atoms with van der Waals surface area (Å²) in [5.41, 5.74) is 0. The molecule has 2 aliphatic carbocycles. The van der Waals surface area contributed by atoms with Gasteiger partial charge in [0.1, 0.15) is 0 Å². The van der Waals surface area contributed by atoms with E-state index in [1.165, 1.54) is 0 Å². The lowest BCUT2D eigenvalue weighted by molar-refractivity contribution is -0.0142. The van der Waals surface area contributed by atoms with Crippen molar-refractivity contribution < 1.29 is 8.78 Å². The molecule has 0 bridgehead atoms. The first-order chi connectivity index (χ1) is 3.70. The molecule has 2 rings (SSSR count). The fourth-order valence-corrected chi connectivity index (χ4v) is 1.65. The van der Waals surface area contributed by atoms with E-state index in [1.807, 2.05) is 0 Å². The lowest BCUT2D eigenvalue weighted by atomic mass is 10.2. The molecule has 0 saturated heterocycles. The highest BCUT2D eigenvalue weighted by Gasteiger charge is 2.59. The Kier molecular flexibility index (Phi) is 0.628. The Morgan fingerprint density at radius 2 is 2.12 bits per heavy atom. The van der Waals surface area contributed by atoms with Gasteiger partial charge in [-0.3, -0.25) is 0 Å². The Bertz CT molecular complexity index is 120. The van der Waals surface area contributed by atoms with Gasteiger partial charge in [0, 0.05) is 12.3 Å². The van der Waals surface area contributed by atoms with Crippen LogP contribution in [0, 0.1) is 11.8 Å². The number of halogens is 2. The lowest BCUT2D eigenvalue weighted by Crippen LogP contribution is -2.13. The van der Waals surface area contributed by atoms with Gasteiger partial charge in [0.2, 0.25) is 0 Å². The predicted octanol–water partition coefficient (Wildman–Crippen LogP) is 2.05. The smallest absolute Gasteiger partial charge is 0.207 e. The van der Waals surface area contributed by atoms with Gasteiger partial charge in [0.05, 0.1) is 0 Å². The molecular weight excluding hydrogens is 110 g/mol. The first-order valence-electron chi connectivity index (χ1n) is 3.08. The zero-order valence-corrected chi connectivity index (χ0v) is 4.53. The van der Waals surface area contributed by atoms with Crippen LogP contribution in [0.1, 0.15) is 19.3 Å². The molecule has 8 heavy (non-hydrogen) atoms.